The maximum Gasteiger partial charge on any atom is 0.234 e. The second kappa shape index (κ2) is 6.23. The smallest absolute Gasteiger partial charge is 0.234 e. The third-order valence-corrected chi connectivity index (χ3v) is 5.13. The lowest BCUT2D eigenvalue weighted by Crippen LogP contribution is -2.56. The summed E-state index contributed by atoms with van der Waals surface area (Å²) in [5.41, 5.74) is 6.09. The van der Waals surface area contributed by atoms with E-state index in [0.29, 0.717) is 19.1 Å². The van der Waals surface area contributed by atoms with E-state index in [1.807, 2.05) is 0 Å². The molecule has 0 aromatic rings. The van der Waals surface area contributed by atoms with E-state index in [9.17, 15) is 4.79 Å². The molecule has 2 aliphatic carbocycles. The number of hydrogen-bond acceptors (Lipinski definition) is 3. The summed E-state index contributed by atoms with van der Waals surface area (Å²) in [7, 11) is 2.06. The number of nitrogens with two attached hydrogens (primary N) is 1. The molecule has 0 aliphatic heterocycles. The van der Waals surface area contributed by atoms with Crippen molar-refractivity contribution in [1.82, 2.24) is 10.2 Å². The van der Waals surface area contributed by atoms with E-state index in [1.54, 1.807) is 0 Å². The number of amides is 1. The number of likely N-dealkylation sites (N-methyl/N-ethyl adjacent to an activating group) is 1. The first-order chi connectivity index (χ1) is 9.09. The quantitative estimate of drug-likeness (QED) is 0.766. The standard InChI is InChI=1S/C15H29N3O/c1-3-12-6-8-15(11-16,9-7-12)18(2)10-14(19)17-13-4-5-13/h12-13H,3-11,16H2,1-2H3,(H,17,19). The summed E-state index contributed by atoms with van der Waals surface area (Å²) in [6.45, 7) is 3.42. The zero-order chi connectivity index (χ0) is 13.9. The average Bonchev–Trinajstić information content (AvgIpc) is 3.22. The van der Waals surface area contributed by atoms with Crippen molar-refractivity contribution in [1.29, 1.82) is 0 Å². The summed E-state index contributed by atoms with van der Waals surface area (Å²) < 4.78 is 0. The van der Waals surface area contributed by atoms with E-state index in [4.69, 9.17) is 5.73 Å². The summed E-state index contributed by atoms with van der Waals surface area (Å²) in [5.74, 6) is 1.02. The molecule has 3 N–H and O–H groups in total. The third-order valence-electron chi connectivity index (χ3n) is 5.13. The van der Waals surface area contributed by atoms with Crippen LogP contribution in [-0.4, -0.2) is 42.5 Å². The summed E-state index contributed by atoms with van der Waals surface area (Å²) in [5, 5.41) is 3.06. The second-order valence-corrected chi connectivity index (χ2v) is 6.48. The van der Waals surface area contributed by atoms with Crippen LogP contribution in [0.4, 0.5) is 0 Å². The monoisotopic (exact) mass is 267 g/mol. The van der Waals surface area contributed by atoms with Crippen molar-refractivity contribution < 1.29 is 4.79 Å². The van der Waals surface area contributed by atoms with Gasteiger partial charge < -0.3 is 11.1 Å². The second-order valence-electron chi connectivity index (χ2n) is 6.48. The molecule has 0 atom stereocenters. The maximum absolute atomic E-state index is 11.9. The van der Waals surface area contributed by atoms with Gasteiger partial charge in [-0.25, -0.2) is 0 Å². The summed E-state index contributed by atoms with van der Waals surface area (Å²) in [6, 6.07) is 0.450. The minimum Gasteiger partial charge on any atom is -0.352 e. The van der Waals surface area contributed by atoms with Crippen molar-refractivity contribution in [3.8, 4) is 0 Å². The first-order valence-electron chi connectivity index (χ1n) is 7.80. The highest BCUT2D eigenvalue weighted by molar-refractivity contribution is 5.78. The Balaban J connectivity index is 1.86. The molecule has 110 valence electrons. The molecule has 0 saturated heterocycles. The summed E-state index contributed by atoms with van der Waals surface area (Å²) >= 11 is 0. The van der Waals surface area contributed by atoms with Crippen molar-refractivity contribution in [3.05, 3.63) is 0 Å². The lowest BCUT2D eigenvalue weighted by atomic mass is 9.74. The number of rotatable bonds is 6. The molecule has 2 saturated carbocycles. The van der Waals surface area contributed by atoms with Gasteiger partial charge in [0.1, 0.15) is 0 Å². The highest BCUT2D eigenvalue weighted by Gasteiger charge is 2.38. The van der Waals surface area contributed by atoms with Gasteiger partial charge in [0.05, 0.1) is 6.54 Å². The predicted octanol–water partition coefficient (Wildman–Crippen LogP) is 1.49. The fourth-order valence-electron chi connectivity index (χ4n) is 3.25. The van der Waals surface area contributed by atoms with Crippen LogP contribution >= 0.6 is 0 Å². The number of hydrogen-bond donors (Lipinski definition) is 2. The van der Waals surface area contributed by atoms with Gasteiger partial charge in [-0.3, -0.25) is 9.69 Å². The SMILES string of the molecule is CCC1CCC(CN)(N(C)CC(=O)NC2CC2)CC1. The molecule has 2 aliphatic rings. The maximum atomic E-state index is 11.9. The van der Waals surface area contributed by atoms with Gasteiger partial charge in [0.2, 0.25) is 5.91 Å². The molecule has 1 amide bonds. The molecule has 4 heteroatoms. The van der Waals surface area contributed by atoms with E-state index in [0.717, 1.165) is 31.6 Å². The van der Waals surface area contributed by atoms with Crippen LogP contribution < -0.4 is 11.1 Å². The van der Waals surface area contributed by atoms with Crippen LogP contribution in [0.15, 0.2) is 0 Å². The van der Waals surface area contributed by atoms with Gasteiger partial charge in [-0.2, -0.15) is 0 Å². The Bertz CT molecular complexity index is 307. The molecule has 0 spiro atoms. The van der Waals surface area contributed by atoms with Crippen LogP contribution in [0.5, 0.6) is 0 Å². The van der Waals surface area contributed by atoms with Crippen molar-refractivity contribution in [2.45, 2.75) is 63.5 Å². The van der Waals surface area contributed by atoms with Crippen LogP contribution in [0.25, 0.3) is 0 Å². The molecular formula is C15H29N3O. The Morgan fingerprint density at radius 1 is 1.32 bits per heavy atom. The number of carbonyl (C=O) groups is 1. The largest absolute Gasteiger partial charge is 0.352 e. The fraction of sp³-hybridized carbons (Fsp3) is 0.933. The third kappa shape index (κ3) is 3.69. The zero-order valence-electron chi connectivity index (χ0n) is 12.5. The normalized spacial score (nSPS) is 31.5. The molecule has 19 heavy (non-hydrogen) atoms. The van der Waals surface area contributed by atoms with Gasteiger partial charge in [-0.1, -0.05) is 13.3 Å². The topological polar surface area (TPSA) is 58.4 Å². The van der Waals surface area contributed by atoms with Crippen LogP contribution in [0.2, 0.25) is 0 Å². The van der Waals surface area contributed by atoms with E-state index < -0.39 is 0 Å². The summed E-state index contributed by atoms with van der Waals surface area (Å²) in [4.78, 5) is 14.1. The van der Waals surface area contributed by atoms with Crippen LogP contribution in [0, 0.1) is 5.92 Å². The Labute approximate surface area is 117 Å². The molecule has 2 fully saturated rings. The molecule has 2 rings (SSSR count). The molecule has 0 unspecified atom stereocenters. The minimum absolute atomic E-state index is 0.0482. The van der Waals surface area contributed by atoms with Crippen LogP contribution in [0.3, 0.4) is 0 Å². The van der Waals surface area contributed by atoms with Gasteiger partial charge in [0, 0.05) is 18.1 Å². The lowest BCUT2D eigenvalue weighted by Gasteiger charge is -2.45. The molecule has 0 radical (unpaired) electrons. The molecule has 0 aromatic heterocycles. The molecule has 0 aromatic carbocycles. The number of nitrogens with zero attached hydrogens (tertiary/aromatic N) is 1. The number of carbonyl (C=O) groups excluding carboxylic acids is 1. The predicted molar refractivity (Wildman–Crippen MR) is 77.8 cm³/mol. The average molecular weight is 267 g/mol. The lowest BCUT2D eigenvalue weighted by molar-refractivity contribution is -0.124. The first kappa shape index (κ1) is 14.8. The Morgan fingerprint density at radius 2 is 1.95 bits per heavy atom. The van der Waals surface area contributed by atoms with E-state index >= 15 is 0 Å². The Hall–Kier alpha value is -0.610. The Morgan fingerprint density at radius 3 is 2.42 bits per heavy atom. The molecule has 0 heterocycles. The Kier molecular flexibility index (Phi) is 4.85. The van der Waals surface area contributed by atoms with Gasteiger partial charge in [-0.05, 0) is 51.5 Å². The first-order valence-corrected chi connectivity index (χ1v) is 7.80. The fourth-order valence-corrected chi connectivity index (χ4v) is 3.25. The van der Waals surface area contributed by atoms with Crippen molar-refractivity contribution >= 4 is 5.91 Å². The van der Waals surface area contributed by atoms with Crippen LogP contribution in [0.1, 0.15) is 51.9 Å². The minimum atomic E-state index is 0.0482. The van der Waals surface area contributed by atoms with Crippen LogP contribution in [-0.2, 0) is 4.79 Å². The van der Waals surface area contributed by atoms with E-state index in [2.05, 4.69) is 24.2 Å². The number of nitrogens with one attached hydrogen (secondary N) is 1. The molecular weight excluding hydrogens is 238 g/mol. The van der Waals surface area contributed by atoms with Gasteiger partial charge in [-0.15, -0.1) is 0 Å². The highest BCUT2D eigenvalue weighted by Crippen LogP contribution is 2.36. The van der Waals surface area contributed by atoms with E-state index in [1.165, 1.54) is 19.3 Å². The van der Waals surface area contributed by atoms with E-state index in [-0.39, 0.29) is 11.4 Å². The van der Waals surface area contributed by atoms with Crippen molar-refractivity contribution in [3.63, 3.8) is 0 Å². The molecule has 4 nitrogen and oxygen atoms in total. The van der Waals surface area contributed by atoms with Gasteiger partial charge >= 0.3 is 0 Å². The highest BCUT2D eigenvalue weighted by atomic mass is 16.2. The van der Waals surface area contributed by atoms with Gasteiger partial charge in [0.15, 0.2) is 0 Å². The zero-order valence-corrected chi connectivity index (χ0v) is 12.5. The molecule has 0 bridgehead atoms. The summed E-state index contributed by atoms with van der Waals surface area (Å²) in [6.07, 6.45) is 8.34. The van der Waals surface area contributed by atoms with Crippen molar-refractivity contribution in [2.24, 2.45) is 11.7 Å². The van der Waals surface area contributed by atoms with Gasteiger partial charge in [0.25, 0.3) is 0 Å². The van der Waals surface area contributed by atoms with Crippen molar-refractivity contribution in [2.75, 3.05) is 20.1 Å².